The molecule has 0 aromatic heterocycles. The van der Waals surface area contributed by atoms with E-state index in [0.717, 1.165) is 5.69 Å². The van der Waals surface area contributed by atoms with Gasteiger partial charge in [0.05, 0.1) is 0 Å². The smallest absolute Gasteiger partial charge is 0.303 e. The van der Waals surface area contributed by atoms with Crippen LogP contribution in [0.2, 0.25) is 0 Å². The molecule has 1 rings (SSSR count). The highest BCUT2D eigenvalue weighted by molar-refractivity contribution is 5.67. The number of halogens is 1. The number of anilines is 1. The zero-order valence-electron chi connectivity index (χ0n) is 10.4. The fraction of sp³-hybridized carbons (Fsp3) is 0.462. The topological polar surface area (TPSA) is 49.3 Å². The van der Waals surface area contributed by atoms with Crippen LogP contribution in [-0.2, 0) is 11.2 Å². The van der Waals surface area contributed by atoms with E-state index in [0.29, 0.717) is 12.0 Å². The molecule has 0 heterocycles. The van der Waals surface area contributed by atoms with Crippen molar-refractivity contribution >= 4 is 11.7 Å². The van der Waals surface area contributed by atoms with Crippen molar-refractivity contribution in [1.82, 2.24) is 0 Å². The van der Waals surface area contributed by atoms with E-state index in [1.165, 1.54) is 12.1 Å². The number of hydrogen-bond acceptors (Lipinski definition) is 2. The molecule has 1 aromatic carbocycles. The molecule has 0 amide bonds. The van der Waals surface area contributed by atoms with Crippen molar-refractivity contribution in [2.24, 2.45) is 0 Å². The molecule has 17 heavy (non-hydrogen) atoms. The number of carbonyl (C=O) groups is 1. The molecule has 0 fully saturated rings. The highest BCUT2D eigenvalue weighted by Gasteiger charge is 2.13. The third kappa shape index (κ3) is 4.85. The zero-order chi connectivity index (χ0) is 13.1. The molecular weight excluding hydrogens is 221 g/mol. The Morgan fingerprint density at radius 3 is 2.59 bits per heavy atom. The van der Waals surface area contributed by atoms with Gasteiger partial charge in [0.15, 0.2) is 0 Å². The van der Waals surface area contributed by atoms with Crippen LogP contribution in [0.25, 0.3) is 0 Å². The molecule has 0 aliphatic heterocycles. The third-order valence-corrected chi connectivity index (χ3v) is 2.19. The van der Waals surface area contributed by atoms with E-state index < -0.39 is 5.97 Å². The van der Waals surface area contributed by atoms with Gasteiger partial charge >= 0.3 is 5.97 Å². The molecule has 0 unspecified atom stereocenters. The van der Waals surface area contributed by atoms with Gasteiger partial charge in [-0.1, -0.05) is 0 Å². The lowest BCUT2D eigenvalue weighted by Crippen LogP contribution is -2.26. The monoisotopic (exact) mass is 239 g/mol. The van der Waals surface area contributed by atoms with E-state index in [4.69, 9.17) is 5.11 Å². The highest BCUT2D eigenvalue weighted by atomic mass is 19.1. The maximum Gasteiger partial charge on any atom is 0.303 e. The lowest BCUT2D eigenvalue weighted by molar-refractivity contribution is -0.136. The van der Waals surface area contributed by atoms with Crippen molar-refractivity contribution in [2.75, 3.05) is 5.32 Å². The SMILES string of the molecule is CC(C)(C)Nc1ccc(F)cc1CCC(=O)O. The summed E-state index contributed by atoms with van der Waals surface area (Å²) in [7, 11) is 0. The Morgan fingerprint density at radius 1 is 1.41 bits per heavy atom. The first-order chi connectivity index (χ1) is 7.78. The second-order valence-electron chi connectivity index (χ2n) is 5.07. The van der Waals surface area contributed by atoms with Crippen LogP contribution in [0.5, 0.6) is 0 Å². The molecular formula is C13H18FNO2. The lowest BCUT2D eigenvalue weighted by Gasteiger charge is -2.24. The fourth-order valence-corrected chi connectivity index (χ4v) is 1.54. The van der Waals surface area contributed by atoms with Crippen molar-refractivity contribution in [1.29, 1.82) is 0 Å². The Hall–Kier alpha value is -1.58. The molecule has 0 aliphatic rings. The number of benzene rings is 1. The van der Waals surface area contributed by atoms with Crippen molar-refractivity contribution < 1.29 is 14.3 Å². The third-order valence-electron chi connectivity index (χ3n) is 2.19. The first kappa shape index (κ1) is 13.5. The molecule has 0 bridgehead atoms. The summed E-state index contributed by atoms with van der Waals surface area (Å²) in [5.41, 5.74) is 1.35. The van der Waals surface area contributed by atoms with Crippen LogP contribution in [0, 0.1) is 5.82 Å². The number of rotatable bonds is 4. The molecule has 1 aromatic rings. The van der Waals surface area contributed by atoms with E-state index >= 15 is 0 Å². The normalized spacial score (nSPS) is 11.3. The number of nitrogens with one attached hydrogen (secondary N) is 1. The van der Waals surface area contributed by atoms with E-state index in [9.17, 15) is 9.18 Å². The van der Waals surface area contributed by atoms with E-state index in [2.05, 4.69) is 5.32 Å². The minimum Gasteiger partial charge on any atom is -0.481 e. The average Bonchev–Trinajstić information content (AvgIpc) is 2.16. The number of aryl methyl sites for hydroxylation is 1. The summed E-state index contributed by atoms with van der Waals surface area (Å²) < 4.78 is 13.1. The standard InChI is InChI=1S/C13H18FNO2/c1-13(2,3)15-11-6-5-10(14)8-9(11)4-7-12(16)17/h5-6,8,15H,4,7H2,1-3H3,(H,16,17). The minimum atomic E-state index is -0.879. The van der Waals surface area contributed by atoms with Crippen LogP contribution in [0.3, 0.4) is 0 Å². The Balaban J connectivity index is 2.91. The van der Waals surface area contributed by atoms with E-state index in [1.807, 2.05) is 20.8 Å². The van der Waals surface area contributed by atoms with Gasteiger partial charge in [-0.3, -0.25) is 4.79 Å². The summed E-state index contributed by atoms with van der Waals surface area (Å²) in [6, 6.07) is 4.41. The highest BCUT2D eigenvalue weighted by Crippen LogP contribution is 2.22. The van der Waals surface area contributed by atoms with Gasteiger partial charge in [-0.15, -0.1) is 0 Å². The van der Waals surface area contributed by atoms with E-state index in [-0.39, 0.29) is 17.8 Å². The number of carboxylic acid groups (broad SMARTS) is 1. The largest absolute Gasteiger partial charge is 0.481 e. The van der Waals surface area contributed by atoms with Gasteiger partial charge in [-0.05, 0) is 51.0 Å². The van der Waals surface area contributed by atoms with Gasteiger partial charge in [0.2, 0.25) is 0 Å². The van der Waals surface area contributed by atoms with E-state index in [1.54, 1.807) is 6.07 Å². The quantitative estimate of drug-likeness (QED) is 0.849. The molecule has 0 radical (unpaired) electrons. The maximum atomic E-state index is 13.1. The molecule has 0 saturated carbocycles. The van der Waals surface area contributed by atoms with Crippen LogP contribution in [0.15, 0.2) is 18.2 Å². The summed E-state index contributed by atoms with van der Waals surface area (Å²) in [6.45, 7) is 5.99. The van der Waals surface area contributed by atoms with Crippen molar-refractivity contribution in [2.45, 2.75) is 39.2 Å². The summed E-state index contributed by atoms with van der Waals surface area (Å²) in [5.74, 6) is -1.22. The number of aliphatic carboxylic acids is 1. The molecule has 2 N–H and O–H groups in total. The van der Waals surface area contributed by atoms with Crippen LogP contribution in [0.4, 0.5) is 10.1 Å². The first-order valence-corrected chi connectivity index (χ1v) is 5.56. The van der Waals surface area contributed by atoms with Gasteiger partial charge < -0.3 is 10.4 Å². The number of hydrogen-bond donors (Lipinski definition) is 2. The van der Waals surface area contributed by atoms with Gasteiger partial charge in [-0.2, -0.15) is 0 Å². The molecule has 3 nitrogen and oxygen atoms in total. The predicted molar refractivity (Wildman–Crippen MR) is 65.7 cm³/mol. The first-order valence-electron chi connectivity index (χ1n) is 5.56. The van der Waals surface area contributed by atoms with Crippen LogP contribution in [0.1, 0.15) is 32.8 Å². The summed E-state index contributed by atoms with van der Waals surface area (Å²) in [6.07, 6.45) is 0.327. The van der Waals surface area contributed by atoms with Crippen LogP contribution < -0.4 is 5.32 Å². The molecule has 94 valence electrons. The minimum absolute atomic E-state index is 0.00226. The average molecular weight is 239 g/mol. The second-order valence-corrected chi connectivity index (χ2v) is 5.07. The Kier molecular flexibility index (Phi) is 4.10. The van der Waals surface area contributed by atoms with Gasteiger partial charge in [0.1, 0.15) is 5.82 Å². The molecule has 4 heteroatoms. The molecule has 0 aliphatic carbocycles. The van der Waals surface area contributed by atoms with Crippen LogP contribution >= 0.6 is 0 Å². The van der Waals surface area contributed by atoms with Crippen LogP contribution in [-0.4, -0.2) is 16.6 Å². The second kappa shape index (κ2) is 5.17. The van der Waals surface area contributed by atoms with Crippen molar-refractivity contribution in [3.05, 3.63) is 29.6 Å². The van der Waals surface area contributed by atoms with Gasteiger partial charge in [0, 0.05) is 17.6 Å². The number of carboxylic acids is 1. The maximum absolute atomic E-state index is 13.1. The molecule has 0 saturated heterocycles. The Morgan fingerprint density at radius 2 is 2.06 bits per heavy atom. The Bertz CT molecular complexity index is 410. The molecule has 0 spiro atoms. The van der Waals surface area contributed by atoms with Crippen molar-refractivity contribution in [3.8, 4) is 0 Å². The molecule has 0 atom stereocenters. The zero-order valence-corrected chi connectivity index (χ0v) is 10.4. The summed E-state index contributed by atoms with van der Waals surface area (Å²) >= 11 is 0. The Labute approximate surface area is 101 Å². The predicted octanol–water partition coefficient (Wildman–Crippen LogP) is 3.05. The summed E-state index contributed by atoms with van der Waals surface area (Å²) in [4.78, 5) is 10.5. The lowest BCUT2D eigenvalue weighted by atomic mass is 10.0. The fourth-order valence-electron chi connectivity index (χ4n) is 1.54. The van der Waals surface area contributed by atoms with Gasteiger partial charge in [-0.25, -0.2) is 4.39 Å². The summed E-state index contributed by atoms with van der Waals surface area (Å²) in [5, 5.41) is 11.9. The van der Waals surface area contributed by atoms with Crippen molar-refractivity contribution in [3.63, 3.8) is 0 Å². The van der Waals surface area contributed by atoms with Gasteiger partial charge in [0.25, 0.3) is 0 Å².